The summed E-state index contributed by atoms with van der Waals surface area (Å²) in [5.41, 5.74) is 0. The first kappa shape index (κ1) is 13.4. The number of hydrogen-bond acceptors (Lipinski definition) is 2. The predicted molar refractivity (Wildman–Crippen MR) is 63.3 cm³/mol. The molecule has 0 rings (SSSR count). The van der Waals surface area contributed by atoms with Gasteiger partial charge in [0.2, 0.25) is 5.91 Å². The van der Waals surface area contributed by atoms with E-state index < -0.39 is 0 Å². The number of terminal acetylenes is 1. The highest BCUT2D eigenvalue weighted by molar-refractivity contribution is 8.01. The van der Waals surface area contributed by atoms with Gasteiger partial charge in [0, 0.05) is 17.2 Å². The monoisotopic (exact) mass is 213 g/mol. The van der Waals surface area contributed by atoms with Crippen molar-refractivity contribution in [2.75, 3.05) is 5.75 Å². The fourth-order valence-corrected chi connectivity index (χ4v) is 1.47. The molecule has 0 aromatic rings. The minimum Gasteiger partial charge on any atom is -0.352 e. The van der Waals surface area contributed by atoms with Crippen LogP contribution in [0.2, 0.25) is 0 Å². The second kappa shape index (κ2) is 5.98. The van der Waals surface area contributed by atoms with Gasteiger partial charge in [-0.1, -0.05) is 20.8 Å². The van der Waals surface area contributed by atoms with Gasteiger partial charge in [-0.05, 0) is 6.92 Å². The number of thioether (sulfide) groups is 1. The van der Waals surface area contributed by atoms with Crippen molar-refractivity contribution in [3.63, 3.8) is 0 Å². The number of carbonyl (C=O) groups is 1. The summed E-state index contributed by atoms with van der Waals surface area (Å²) in [5.74, 6) is 3.08. The Kier molecular flexibility index (Phi) is 5.71. The molecule has 0 heterocycles. The molecule has 0 saturated heterocycles. The lowest BCUT2D eigenvalue weighted by atomic mass is 10.2. The van der Waals surface area contributed by atoms with Crippen LogP contribution in [0, 0.1) is 12.3 Å². The van der Waals surface area contributed by atoms with Crippen LogP contribution >= 0.6 is 11.8 Å². The average Bonchev–Trinajstić information content (AvgIpc) is 2.00. The zero-order valence-corrected chi connectivity index (χ0v) is 10.2. The topological polar surface area (TPSA) is 29.1 Å². The normalized spacial score (nSPS) is 13.1. The quantitative estimate of drug-likeness (QED) is 0.724. The number of rotatable bonds is 4. The molecule has 0 fully saturated rings. The Morgan fingerprint density at radius 3 is 2.57 bits per heavy atom. The van der Waals surface area contributed by atoms with Gasteiger partial charge in [-0.25, -0.2) is 0 Å². The standard InChI is InChI=1S/C11H19NOS/c1-6-7-9(2)12-10(13)8-14-11(3,4)5/h1,9H,7-8H2,2-5H3,(H,12,13). The van der Waals surface area contributed by atoms with Gasteiger partial charge >= 0.3 is 0 Å². The van der Waals surface area contributed by atoms with Gasteiger partial charge in [-0.15, -0.1) is 24.1 Å². The van der Waals surface area contributed by atoms with E-state index in [4.69, 9.17) is 6.42 Å². The summed E-state index contributed by atoms with van der Waals surface area (Å²) in [6, 6.07) is 0.0769. The van der Waals surface area contributed by atoms with Crippen LogP contribution in [0.25, 0.3) is 0 Å². The van der Waals surface area contributed by atoms with E-state index in [0.717, 1.165) is 0 Å². The molecule has 0 aliphatic heterocycles. The SMILES string of the molecule is C#CCC(C)NC(=O)CSC(C)(C)C. The molecular formula is C11H19NOS. The van der Waals surface area contributed by atoms with Gasteiger partial charge < -0.3 is 5.32 Å². The first-order valence-corrected chi connectivity index (χ1v) is 5.70. The lowest BCUT2D eigenvalue weighted by molar-refractivity contribution is -0.119. The molecule has 80 valence electrons. The van der Waals surface area contributed by atoms with E-state index in [9.17, 15) is 4.79 Å². The van der Waals surface area contributed by atoms with Crippen molar-refractivity contribution in [2.45, 2.75) is 44.9 Å². The molecule has 0 aromatic heterocycles. The maximum Gasteiger partial charge on any atom is 0.230 e. The van der Waals surface area contributed by atoms with Gasteiger partial charge in [0.05, 0.1) is 5.75 Å². The molecule has 2 nitrogen and oxygen atoms in total. The average molecular weight is 213 g/mol. The van der Waals surface area contributed by atoms with E-state index >= 15 is 0 Å². The van der Waals surface area contributed by atoms with E-state index in [1.807, 2.05) is 6.92 Å². The van der Waals surface area contributed by atoms with Crippen molar-refractivity contribution in [3.8, 4) is 12.3 Å². The van der Waals surface area contributed by atoms with Crippen LogP contribution in [-0.4, -0.2) is 22.4 Å². The highest BCUT2D eigenvalue weighted by atomic mass is 32.2. The molecular weight excluding hydrogens is 194 g/mol. The molecule has 0 aliphatic carbocycles. The first-order valence-electron chi connectivity index (χ1n) is 4.72. The Labute approximate surface area is 91.2 Å². The van der Waals surface area contributed by atoms with E-state index in [1.54, 1.807) is 11.8 Å². The fraction of sp³-hybridized carbons (Fsp3) is 0.727. The molecule has 0 aliphatic rings. The molecule has 0 aromatic carbocycles. The van der Waals surface area contributed by atoms with Crippen LogP contribution in [0.15, 0.2) is 0 Å². The number of carbonyl (C=O) groups excluding carboxylic acids is 1. The van der Waals surface area contributed by atoms with Crippen molar-refractivity contribution in [1.82, 2.24) is 5.32 Å². The summed E-state index contributed by atoms with van der Waals surface area (Å²) in [6.07, 6.45) is 5.73. The van der Waals surface area contributed by atoms with E-state index in [1.165, 1.54) is 0 Å². The van der Waals surface area contributed by atoms with Gasteiger partial charge in [-0.3, -0.25) is 4.79 Å². The number of amides is 1. The van der Waals surface area contributed by atoms with Crippen molar-refractivity contribution in [3.05, 3.63) is 0 Å². The summed E-state index contributed by atoms with van der Waals surface area (Å²) >= 11 is 1.64. The highest BCUT2D eigenvalue weighted by Gasteiger charge is 2.14. The summed E-state index contributed by atoms with van der Waals surface area (Å²) in [6.45, 7) is 8.20. The molecule has 0 saturated carbocycles. The lowest BCUT2D eigenvalue weighted by Crippen LogP contribution is -2.34. The zero-order valence-electron chi connectivity index (χ0n) is 9.39. The molecule has 1 amide bonds. The molecule has 3 heteroatoms. The van der Waals surface area contributed by atoms with Crippen LogP contribution in [-0.2, 0) is 4.79 Å². The zero-order chi connectivity index (χ0) is 11.2. The molecule has 1 unspecified atom stereocenters. The van der Waals surface area contributed by atoms with Crippen molar-refractivity contribution in [1.29, 1.82) is 0 Å². The Morgan fingerprint density at radius 2 is 2.14 bits per heavy atom. The van der Waals surface area contributed by atoms with Gasteiger partial charge in [0.1, 0.15) is 0 Å². The Morgan fingerprint density at radius 1 is 1.57 bits per heavy atom. The number of nitrogens with one attached hydrogen (secondary N) is 1. The van der Waals surface area contributed by atoms with Gasteiger partial charge in [0.25, 0.3) is 0 Å². The van der Waals surface area contributed by atoms with Crippen molar-refractivity contribution < 1.29 is 4.79 Å². The Hall–Kier alpha value is -0.620. The highest BCUT2D eigenvalue weighted by Crippen LogP contribution is 2.22. The van der Waals surface area contributed by atoms with Crippen LogP contribution in [0.1, 0.15) is 34.1 Å². The third-order valence-electron chi connectivity index (χ3n) is 1.47. The smallest absolute Gasteiger partial charge is 0.230 e. The van der Waals surface area contributed by atoms with E-state index in [2.05, 4.69) is 32.0 Å². The summed E-state index contributed by atoms with van der Waals surface area (Å²) in [5, 5.41) is 2.85. The maximum absolute atomic E-state index is 11.4. The minimum atomic E-state index is 0.0627. The molecule has 0 spiro atoms. The first-order chi connectivity index (χ1) is 6.35. The van der Waals surface area contributed by atoms with E-state index in [-0.39, 0.29) is 16.7 Å². The molecule has 1 atom stereocenters. The molecule has 0 bridgehead atoms. The van der Waals surface area contributed by atoms with Gasteiger partial charge in [-0.2, -0.15) is 0 Å². The van der Waals surface area contributed by atoms with Crippen molar-refractivity contribution >= 4 is 17.7 Å². The van der Waals surface area contributed by atoms with Crippen LogP contribution < -0.4 is 5.32 Å². The third-order valence-corrected chi connectivity index (χ3v) is 2.74. The maximum atomic E-state index is 11.4. The van der Waals surface area contributed by atoms with Crippen LogP contribution in [0.5, 0.6) is 0 Å². The van der Waals surface area contributed by atoms with Gasteiger partial charge in [0.15, 0.2) is 0 Å². The Bertz CT molecular complexity index is 224. The van der Waals surface area contributed by atoms with Crippen LogP contribution in [0.4, 0.5) is 0 Å². The lowest BCUT2D eigenvalue weighted by Gasteiger charge is -2.18. The largest absolute Gasteiger partial charge is 0.352 e. The summed E-state index contributed by atoms with van der Waals surface area (Å²) < 4.78 is 0.132. The molecule has 1 N–H and O–H groups in total. The molecule has 14 heavy (non-hydrogen) atoms. The minimum absolute atomic E-state index is 0.0627. The van der Waals surface area contributed by atoms with Crippen molar-refractivity contribution in [2.24, 2.45) is 0 Å². The summed E-state index contributed by atoms with van der Waals surface area (Å²) in [7, 11) is 0. The summed E-state index contributed by atoms with van der Waals surface area (Å²) in [4.78, 5) is 11.4. The van der Waals surface area contributed by atoms with Crippen LogP contribution in [0.3, 0.4) is 0 Å². The van der Waals surface area contributed by atoms with E-state index in [0.29, 0.717) is 12.2 Å². The Balaban J connectivity index is 3.72. The third kappa shape index (κ3) is 8.00. The second-order valence-electron chi connectivity index (χ2n) is 4.28. The number of hydrogen-bond donors (Lipinski definition) is 1. The fourth-order valence-electron chi connectivity index (χ4n) is 0.826. The second-order valence-corrected chi connectivity index (χ2v) is 6.08. The predicted octanol–water partition coefficient (Wildman–Crippen LogP) is 2.05. The molecule has 0 radical (unpaired) electrons.